The molecule has 9 atom stereocenters. The van der Waals surface area contributed by atoms with Crippen LogP contribution >= 0.6 is 0 Å². The van der Waals surface area contributed by atoms with Crippen molar-refractivity contribution in [1.29, 1.82) is 0 Å². The Morgan fingerprint density at radius 3 is 1.93 bits per heavy atom. The third-order valence-electron chi connectivity index (χ3n) is 17.4. The molecule has 0 N–H and O–H groups in total. The molecule has 0 aromatic heterocycles. The lowest BCUT2D eigenvalue weighted by molar-refractivity contribution is -0.0597. The van der Waals surface area contributed by atoms with Crippen molar-refractivity contribution in [2.24, 2.45) is 52.3 Å². The Hall–Kier alpha value is -1.77. The van der Waals surface area contributed by atoms with Crippen LogP contribution in [0.3, 0.4) is 0 Å². The topological polar surface area (TPSA) is 35.5 Å². The van der Waals surface area contributed by atoms with Crippen molar-refractivity contribution >= 4 is 5.97 Å². The van der Waals surface area contributed by atoms with Crippen molar-refractivity contribution in [2.75, 3.05) is 6.61 Å². The summed E-state index contributed by atoms with van der Waals surface area (Å²) in [5.74, 6) is 6.37. The highest BCUT2D eigenvalue weighted by Crippen LogP contribution is 2.67. The fourth-order valence-corrected chi connectivity index (χ4v) is 13.6. The lowest BCUT2D eigenvalue weighted by atomic mass is 9.47. The van der Waals surface area contributed by atoms with Crippen molar-refractivity contribution in [1.82, 2.24) is 0 Å². The number of para-hydroxylation sites is 1. The van der Waals surface area contributed by atoms with E-state index in [0.717, 1.165) is 67.1 Å². The second kappa shape index (κ2) is 24.8. The van der Waals surface area contributed by atoms with E-state index in [1.807, 2.05) is 24.3 Å². The lowest BCUT2D eigenvalue weighted by Gasteiger charge is -2.58. The molecule has 0 bridgehead atoms. The van der Waals surface area contributed by atoms with Crippen molar-refractivity contribution in [3.8, 4) is 5.75 Å². The molecule has 1 aromatic carbocycles. The van der Waals surface area contributed by atoms with Gasteiger partial charge in [0.1, 0.15) is 17.4 Å². The van der Waals surface area contributed by atoms with Gasteiger partial charge in [-0.25, -0.2) is 4.79 Å². The monoisotopic (exact) mass is 815 g/mol. The van der Waals surface area contributed by atoms with Crippen molar-refractivity contribution in [3.05, 3.63) is 41.5 Å². The summed E-state index contributed by atoms with van der Waals surface area (Å²) in [6.45, 7) is 18.1. The van der Waals surface area contributed by atoms with E-state index >= 15 is 0 Å². The smallest absolute Gasteiger partial charge is 0.342 e. The first-order valence-electron chi connectivity index (χ1n) is 26.2. The number of ether oxygens (including phenoxy) is 2. The Bertz CT molecular complexity index is 1380. The maximum absolute atomic E-state index is 13.7. The number of allylic oxidation sites excluding steroid dienone is 1. The summed E-state index contributed by atoms with van der Waals surface area (Å²) in [5, 5.41) is 0. The molecule has 3 nitrogen and oxygen atoms in total. The first kappa shape index (κ1) is 48.3. The lowest BCUT2D eigenvalue weighted by Crippen LogP contribution is -2.51. The average molecular weight is 815 g/mol. The van der Waals surface area contributed by atoms with Gasteiger partial charge >= 0.3 is 5.97 Å². The van der Waals surface area contributed by atoms with Gasteiger partial charge in [0.15, 0.2) is 0 Å². The first-order valence-corrected chi connectivity index (χ1v) is 26.2. The molecule has 0 unspecified atom stereocenters. The Balaban J connectivity index is 0.979. The Morgan fingerprint density at radius 1 is 0.712 bits per heavy atom. The van der Waals surface area contributed by atoms with Crippen LogP contribution in [-0.4, -0.2) is 18.7 Å². The molecule has 4 aliphatic carbocycles. The predicted molar refractivity (Wildman–Crippen MR) is 252 cm³/mol. The van der Waals surface area contributed by atoms with Gasteiger partial charge < -0.3 is 9.47 Å². The highest BCUT2D eigenvalue weighted by Gasteiger charge is 2.59. The summed E-state index contributed by atoms with van der Waals surface area (Å²) in [6.07, 6.45) is 41.4. The van der Waals surface area contributed by atoms with Crippen LogP contribution in [0.4, 0.5) is 0 Å². The number of carbonyl (C=O) groups excluding carboxylic acids is 1. The SMILES string of the molecule is CCCCCCCCCCCCCCCCCCCCOc1ccccc1C(=O)O[C@H]1CC[C@@]2(C)C(=CC[C@H]3[C@@H]4CC[C@H]([C@H](C)CC[C@@H](CC)C(C)C)[C@@]4(C)CC[C@@H]32)C1. The van der Waals surface area contributed by atoms with Crippen molar-refractivity contribution in [3.63, 3.8) is 0 Å². The Labute approximate surface area is 365 Å². The zero-order valence-electron chi connectivity index (χ0n) is 39.9. The first-order chi connectivity index (χ1) is 28.6. The zero-order chi connectivity index (χ0) is 42.1. The number of fused-ring (bicyclic) bond motifs is 5. The normalized spacial score (nSPS) is 28.7. The minimum Gasteiger partial charge on any atom is -0.493 e. The van der Waals surface area contributed by atoms with Crippen LogP contribution in [0.2, 0.25) is 0 Å². The largest absolute Gasteiger partial charge is 0.493 e. The third kappa shape index (κ3) is 13.4. The maximum atomic E-state index is 13.7. The summed E-state index contributed by atoms with van der Waals surface area (Å²) >= 11 is 0. The van der Waals surface area contributed by atoms with Crippen LogP contribution in [0.1, 0.15) is 245 Å². The number of hydrogen-bond acceptors (Lipinski definition) is 3. The van der Waals surface area contributed by atoms with E-state index < -0.39 is 0 Å². The predicted octanol–water partition coefficient (Wildman–Crippen LogP) is 17.3. The van der Waals surface area contributed by atoms with Gasteiger partial charge in [-0.3, -0.25) is 0 Å². The average Bonchev–Trinajstić information content (AvgIpc) is 3.59. The fourth-order valence-electron chi connectivity index (χ4n) is 13.6. The molecule has 5 rings (SSSR count). The van der Waals surface area contributed by atoms with Gasteiger partial charge in [-0.2, -0.15) is 0 Å². The number of hydrogen-bond donors (Lipinski definition) is 0. The molecule has 336 valence electrons. The van der Waals surface area contributed by atoms with Crippen LogP contribution in [-0.2, 0) is 4.74 Å². The standard InChI is InChI=1S/C56H94O3/c1-8-10-11-12-13-14-15-16-17-18-19-20-21-22-23-24-25-28-41-58-53-30-27-26-29-49(53)54(57)59-47-37-39-55(6)46(42-47)33-34-48-51-36-35-50(56(51,7)40-38-52(48)55)44(5)31-32-45(9-2)43(3)4/h26-27,29-30,33,43-45,47-48,50-52H,8-25,28,31-32,34-42H2,1-7H3/t44-,45-,47+,48+,50-,51+,52+,55+,56-/m1/s1. The summed E-state index contributed by atoms with van der Waals surface area (Å²) in [4.78, 5) is 13.7. The minimum atomic E-state index is -0.209. The van der Waals surface area contributed by atoms with E-state index in [2.05, 4.69) is 54.5 Å². The Morgan fingerprint density at radius 2 is 1.32 bits per heavy atom. The molecule has 4 aliphatic rings. The van der Waals surface area contributed by atoms with Crippen LogP contribution in [0, 0.1) is 52.3 Å². The molecule has 59 heavy (non-hydrogen) atoms. The van der Waals surface area contributed by atoms with Crippen LogP contribution in [0.5, 0.6) is 5.75 Å². The number of unbranched alkanes of at least 4 members (excludes halogenated alkanes) is 17. The molecule has 3 fully saturated rings. The molecule has 0 spiro atoms. The summed E-state index contributed by atoms with van der Waals surface area (Å²) < 4.78 is 12.5. The van der Waals surface area contributed by atoms with E-state index in [-0.39, 0.29) is 17.5 Å². The van der Waals surface area contributed by atoms with E-state index in [0.29, 0.717) is 23.3 Å². The van der Waals surface area contributed by atoms with Gasteiger partial charge in [-0.1, -0.05) is 194 Å². The number of rotatable bonds is 28. The van der Waals surface area contributed by atoms with Crippen molar-refractivity contribution < 1.29 is 14.3 Å². The van der Waals surface area contributed by atoms with Gasteiger partial charge in [0.05, 0.1) is 6.61 Å². The molecule has 0 saturated heterocycles. The second-order valence-corrected chi connectivity index (χ2v) is 21.6. The molecule has 1 aromatic rings. The van der Waals surface area contributed by atoms with E-state index in [4.69, 9.17) is 9.47 Å². The Kier molecular flexibility index (Phi) is 20.3. The van der Waals surface area contributed by atoms with Gasteiger partial charge in [-0.15, -0.1) is 0 Å². The molecular formula is C56H94O3. The highest BCUT2D eigenvalue weighted by molar-refractivity contribution is 5.92. The van der Waals surface area contributed by atoms with Crippen molar-refractivity contribution in [2.45, 2.75) is 241 Å². The molecule has 0 heterocycles. The van der Waals surface area contributed by atoms with E-state index in [9.17, 15) is 4.79 Å². The maximum Gasteiger partial charge on any atom is 0.342 e. The number of carbonyl (C=O) groups is 1. The number of benzene rings is 1. The van der Waals surface area contributed by atoms with Gasteiger partial charge in [0.2, 0.25) is 0 Å². The van der Waals surface area contributed by atoms with Crippen LogP contribution in [0.15, 0.2) is 35.9 Å². The zero-order valence-corrected chi connectivity index (χ0v) is 39.9. The molecule has 0 amide bonds. The van der Waals surface area contributed by atoms with E-state index in [1.54, 1.807) is 5.57 Å². The summed E-state index contributed by atoms with van der Waals surface area (Å²) in [7, 11) is 0. The fraction of sp³-hybridized carbons (Fsp3) is 0.839. The molecule has 3 heteroatoms. The molecular weight excluding hydrogens is 721 g/mol. The molecule has 0 radical (unpaired) electrons. The molecule has 0 aliphatic heterocycles. The summed E-state index contributed by atoms with van der Waals surface area (Å²) in [5.41, 5.74) is 2.95. The molecule has 3 saturated carbocycles. The van der Waals surface area contributed by atoms with Gasteiger partial charge in [0.25, 0.3) is 0 Å². The van der Waals surface area contributed by atoms with Crippen LogP contribution in [0.25, 0.3) is 0 Å². The second-order valence-electron chi connectivity index (χ2n) is 21.6. The van der Waals surface area contributed by atoms with Crippen LogP contribution < -0.4 is 4.74 Å². The third-order valence-corrected chi connectivity index (χ3v) is 17.4. The highest BCUT2D eigenvalue weighted by atomic mass is 16.5. The van der Waals surface area contributed by atoms with Gasteiger partial charge in [0, 0.05) is 6.42 Å². The van der Waals surface area contributed by atoms with E-state index in [1.165, 1.54) is 161 Å². The van der Waals surface area contributed by atoms with Gasteiger partial charge in [-0.05, 0) is 122 Å². The minimum absolute atomic E-state index is 0.0373. The number of esters is 1. The quantitative estimate of drug-likeness (QED) is 0.0480. The summed E-state index contributed by atoms with van der Waals surface area (Å²) in [6, 6.07) is 7.77.